The van der Waals surface area contributed by atoms with E-state index >= 15 is 0 Å². The van der Waals surface area contributed by atoms with E-state index in [1.54, 1.807) is 12.1 Å². The van der Waals surface area contributed by atoms with Crippen molar-refractivity contribution in [2.75, 3.05) is 13.6 Å². The van der Waals surface area contributed by atoms with E-state index in [-0.39, 0.29) is 5.82 Å². The largest absolute Gasteiger partial charge is 0.320 e. The molecule has 0 bridgehead atoms. The van der Waals surface area contributed by atoms with Gasteiger partial charge in [-0.15, -0.1) is 0 Å². The van der Waals surface area contributed by atoms with E-state index in [1.807, 2.05) is 6.07 Å². The lowest BCUT2D eigenvalue weighted by Gasteiger charge is -2.23. The molecule has 25 heavy (non-hydrogen) atoms. The summed E-state index contributed by atoms with van der Waals surface area (Å²) in [5.74, 6) is -0.193. The van der Waals surface area contributed by atoms with Crippen molar-refractivity contribution in [3.8, 4) is 0 Å². The van der Waals surface area contributed by atoms with Gasteiger partial charge in [-0.3, -0.25) is 0 Å². The maximum atomic E-state index is 13.6. The lowest BCUT2D eigenvalue weighted by molar-refractivity contribution is 0.312. The molecule has 0 fully saturated rings. The summed E-state index contributed by atoms with van der Waals surface area (Å²) in [5, 5.41) is 1.34. The number of hydrogen-bond donors (Lipinski definition) is 0. The van der Waals surface area contributed by atoms with Crippen LogP contribution in [0.25, 0.3) is 22.7 Å². The van der Waals surface area contributed by atoms with Crippen LogP contribution < -0.4 is 0 Å². The highest BCUT2D eigenvalue weighted by Gasteiger charge is 2.21. The Morgan fingerprint density at radius 1 is 1.16 bits per heavy atom. The second kappa shape index (κ2) is 6.16. The van der Waals surface area contributed by atoms with Gasteiger partial charge >= 0.3 is 0 Å². The van der Waals surface area contributed by atoms with Crippen LogP contribution in [0.3, 0.4) is 0 Å². The summed E-state index contributed by atoms with van der Waals surface area (Å²) >= 11 is 0. The molecule has 1 aliphatic heterocycles. The molecule has 0 atom stereocenters. The molecule has 1 aromatic heterocycles. The summed E-state index contributed by atoms with van der Waals surface area (Å²) in [6.07, 6.45) is 3.20. The topological polar surface area (TPSA) is 8.17 Å². The number of aryl methyl sites for hydroxylation is 1. The van der Waals surface area contributed by atoms with Crippen molar-refractivity contribution in [3.63, 3.8) is 0 Å². The summed E-state index contributed by atoms with van der Waals surface area (Å²) < 4.78 is 15.9. The Labute approximate surface area is 148 Å². The molecule has 0 amide bonds. The predicted molar refractivity (Wildman–Crippen MR) is 103 cm³/mol. The Balaban J connectivity index is 1.91. The molecule has 0 radical (unpaired) electrons. The summed E-state index contributed by atoms with van der Waals surface area (Å²) in [5.41, 5.74) is 7.33. The highest BCUT2D eigenvalue weighted by molar-refractivity contribution is 5.90. The van der Waals surface area contributed by atoms with E-state index in [0.29, 0.717) is 0 Å². The van der Waals surface area contributed by atoms with Gasteiger partial charge in [0.15, 0.2) is 0 Å². The highest BCUT2D eigenvalue weighted by Crippen LogP contribution is 2.32. The molecule has 2 aromatic carbocycles. The van der Waals surface area contributed by atoms with E-state index in [1.165, 1.54) is 33.8 Å². The third-order valence-electron chi connectivity index (χ3n) is 5.14. The van der Waals surface area contributed by atoms with Crippen LogP contribution >= 0.6 is 0 Å². The maximum absolute atomic E-state index is 13.6. The minimum absolute atomic E-state index is 0.193. The third kappa shape index (κ3) is 2.89. The van der Waals surface area contributed by atoms with E-state index in [4.69, 9.17) is 0 Å². The van der Waals surface area contributed by atoms with Crippen LogP contribution in [0, 0.1) is 12.7 Å². The second-order valence-electron chi connectivity index (χ2n) is 7.13. The first-order valence-corrected chi connectivity index (χ1v) is 8.78. The van der Waals surface area contributed by atoms with E-state index in [9.17, 15) is 4.39 Å². The number of halogens is 1. The first-order valence-electron chi connectivity index (χ1n) is 8.78. The Morgan fingerprint density at radius 2 is 2.00 bits per heavy atom. The molecule has 0 N–H and O–H groups in total. The van der Waals surface area contributed by atoms with Crippen LogP contribution in [-0.4, -0.2) is 23.1 Å². The lowest BCUT2D eigenvalue weighted by atomic mass is 10.0. The minimum atomic E-state index is -0.193. The highest BCUT2D eigenvalue weighted by atomic mass is 19.1. The monoisotopic (exact) mass is 334 g/mol. The van der Waals surface area contributed by atoms with Crippen LogP contribution in [0.4, 0.5) is 4.39 Å². The molecule has 2 heterocycles. The van der Waals surface area contributed by atoms with Crippen LogP contribution in [0.5, 0.6) is 0 Å². The Bertz CT molecular complexity index is 981. The van der Waals surface area contributed by atoms with Gasteiger partial charge in [0.25, 0.3) is 0 Å². The number of allylic oxidation sites excluding steroid dienone is 1. The van der Waals surface area contributed by atoms with Crippen molar-refractivity contribution < 1.29 is 4.39 Å². The molecule has 0 unspecified atom stereocenters. The molecule has 4 rings (SSSR count). The summed E-state index contributed by atoms with van der Waals surface area (Å²) in [6.45, 7) is 6.24. The third-order valence-corrected chi connectivity index (χ3v) is 5.14. The van der Waals surface area contributed by atoms with Crippen molar-refractivity contribution in [1.82, 2.24) is 9.47 Å². The smallest absolute Gasteiger partial charge is 0.123 e. The van der Waals surface area contributed by atoms with Gasteiger partial charge < -0.3 is 9.47 Å². The van der Waals surface area contributed by atoms with Gasteiger partial charge in [0, 0.05) is 36.8 Å². The zero-order valence-corrected chi connectivity index (χ0v) is 15.0. The number of aromatic nitrogens is 1. The minimum Gasteiger partial charge on any atom is -0.320 e. The average Bonchev–Trinajstić information content (AvgIpc) is 2.87. The number of hydrogen-bond acceptors (Lipinski definition) is 1. The van der Waals surface area contributed by atoms with Crippen LogP contribution in [0.15, 0.2) is 42.5 Å². The molecular formula is C22H23FN2. The van der Waals surface area contributed by atoms with Crippen LogP contribution in [0.2, 0.25) is 0 Å². The van der Waals surface area contributed by atoms with E-state index in [0.717, 1.165) is 30.6 Å². The SMILES string of the molecule is CC(=Cn1c2c(c3cc(C)ccc31)CN(C)CC2)c1cccc(F)c1. The first kappa shape index (κ1) is 16.1. The van der Waals surface area contributed by atoms with Gasteiger partial charge in [-0.25, -0.2) is 4.39 Å². The number of benzene rings is 2. The van der Waals surface area contributed by atoms with Gasteiger partial charge in [-0.2, -0.15) is 0 Å². The van der Waals surface area contributed by atoms with Gasteiger partial charge in [0.05, 0.1) is 5.52 Å². The van der Waals surface area contributed by atoms with Gasteiger partial charge in [-0.05, 0) is 61.9 Å². The van der Waals surface area contributed by atoms with E-state index < -0.39 is 0 Å². The van der Waals surface area contributed by atoms with Crippen molar-refractivity contribution in [2.45, 2.75) is 26.8 Å². The molecule has 0 spiro atoms. The molecule has 0 aliphatic carbocycles. The quantitative estimate of drug-likeness (QED) is 0.633. The first-order chi connectivity index (χ1) is 12.0. The van der Waals surface area contributed by atoms with Crippen LogP contribution in [0.1, 0.15) is 29.3 Å². The average molecular weight is 334 g/mol. The molecule has 128 valence electrons. The fourth-order valence-corrected chi connectivity index (χ4v) is 3.79. The van der Waals surface area contributed by atoms with Gasteiger partial charge in [-0.1, -0.05) is 23.8 Å². The van der Waals surface area contributed by atoms with E-state index in [2.05, 4.69) is 54.8 Å². The zero-order chi connectivity index (χ0) is 17.6. The normalized spacial score (nSPS) is 15.6. The molecule has 3 heteroatoms. The molecule has 0 saturated heterocycles. The Hall–Kier alpha value is -2.39. The Morgan fingerprint density at radius 3 is 2.80 bits per heavy atom. The molecule has 3 aromatic rings. The molecule has 0 saturated carbocycles. The summed E-state index contributed by atoms with van der Waals surface area (Å²) in [4.78, 5) is 2.37. The number of likely N-dealkylation sites (N-methyl/N-ethyl adjacent to an activating group) is 1. The summed E-state index contributed by atoms with van der Waals surface area (Å²) in [6, 6.07) is 13.5. The van der Waals surface area contributed by atoms with Crippen molar-refractivity contribution in [2.24, 2.45) is 0 Å². The fraction of sp³-hybridized carbons (Fsp3) is 0.273. The molecule has 2 nitrogen and oxygen atoms in total. The summed E-state index contributed by atoms with van der Waals surface area (Å²) in [7, 11) is 2.18. The van der Waals surface area contributed by atoms with Crippen molar-refractivity contribution in [3.05, 3.63) is 70.7 Å². The predicted octanol–water partition coefficient (Wildman–Crippen LogP) is 5.09. The van der Waals surface area contributed by atoms with Gasteiger partial charge in [0.1, 0.15) is 5.82 Å². The lowest BCUT2D eigenvalue weighted by Crippen LogP contribution is -2.26. The molecule has 1 aliphatic rings. The second-order valence-corrected chi connectivity index (χ2v) is 7.13. The number of fused-ring (bicyclic) bond motifs is 3. The van der Waals surface area contributed by atoms with Crippen molar-refractivity contribution in [1.29, 1.82) is 0 Å². The maximum Gasteiger partial charge on any atom is 0.123 e. The van der Waals surface area contributed by atoms with Crippen LogP contribution in [-0.2, 0) is 13.0 Å². The number of rotatable bonds is 2. The zero-order valence-electron chi connectivity index (χ0n) is 15.0. The number of nitrogens with zero attached hydrogens (tertiary/aromatic N) is 2. The molecular weight excluding hydrogens is 311 g/mol. The van der Waals surface area contributed by atoms with Crippen molar-refractivity contribution >= 4 is 22.7 Å². The Kier molecular flexibility index (Phi) is 3.97. The fourth-order valence-electron chi connectivity index (χ4n) is 3.79. The van der Waals surface area contributed by atoms with Gasteiger partial charge in [0.2, 0.25) is 0 Å². The standard InChI is InChI=1S/C22H23FN2/c1-15-7-8-21-19(11-15)20-14-24(3)10-9-22(20)25(21)13-16(2)17-5-4-6-18(23)12-17/h4-8,11-13H,9-10,14H2,1-3H3.